The number of benzene rings is 1. The number of hydrogen-bond acceptors (Lipinski definition) is 2. The van der Waals surface area contributed by atoms with Crippen LogP contribution in [0.4, 0.5) is 0 Å². The normalized spacial score (nSPS) is 12.6. The third kappa shape index (κ3) is 1.95. The predicted molar refractivity (Wildman–Crippen MR) is 53.6 cm³/mol. The Morgan fingerprint density at radius 2 is 1.69 bits per heavy atom. The molecular weight excluding hydrogens is 162 g/mol. The third-order valence-electron chi connectivity index (χ3n) is 2.39. The number of nitrogens with two attached hydrogens (primary N) is 1. The second-order valence-corrected chi connectivity index (χ2v) is 3.45. The SMILES string of the molecule is Cc1cc(C)c(C(N)C=O)cc1C. The van der Waals surface area contributed by atoms with Crippen LogP contribution in [0, 0.1) is 20.8 Å². The maximum atomic E-state index is 10.5. The molecule has 0 fully saturated rings. The lowest BCUT2D eigenvalue weighted by Crippen LogP contribution is -2.13. The first-order valence-corrected chi connectivity index (χ1v) is 4.35. The van der Waals surface area contributed by atoms with Crippen molar-refractivity contribution in [1.82, 2.24) is 0 Å². The van der Waals surface area contributed by atoms with Crippen LogP contribution >= 0.6 is 0 Å². The highest BCUT2D eigenvalue weighted by Gasteiger charge is 2.08. The average Bonchev–Trinajstić information content (AvgIpc) is 2.10. The summed E-state index contributed by atoms with van der Waals surface area (Å²) < 4.78 is 0. The Morgan fingerprint density at radius 1 is 1.15 bits per heavy atom. The molecule has 0 bridgehead atoms. The van der Waals surface area contributed by atoms with Crippen LogP contribution in [0.25, 0.3) is 0 Å². The van der Waals surface area contributed by atoms with Gasteiger partial charge in [-0.3, -0.25) is 0 Å². The van der Waals surface area contributed by atoms with Gasteiger partial charge in [-0.15, -0.1) is 0 Å². The molecule has 0 heterocycles. The minimum Gasteiger partial charge on any atom is -0.318 e. The third-order valence-corrected chi connectivity index (χ3v) is 2.39. The van der Waals surface area contributed by atoms with E-state index in [1.165, 1.54) is 11.1 Å². The Morgan fingerprint density at radius 3 is 2.23 bits per heavy atom. The summed E-state index contributed by atoms with van der Waals surface area (Å²) in [6.07, 6.45) is 0.775. The summed E-state index contributed by atoms with van der Waals surface area (Å²) in [7, 11) is 0. The predicted octanol–water partition coefficient (Wildman–Crippen LogP) is 1.81. The molecule has 13 heavy (non-hydrogen) atoms. The number of carbonyl (C=O) groups is 1. The number of carbonyl (C=O) groups excluding carboxylic acids is 1. The van der Waals surface area contributed by atoms with Gasteiger partial charge in [-0.05, 0) is 43.0 Å². The van der Waals surface area contributed by atoms with Crippen molar-refractivity contribution >= 4 is 6.29 Å². The van der Waals surface area contributed by atoms with Crippen LogP contribution in [0.3, 0.4) is 0 Å². The van der Waals surface area contributed by atoms with E-state index in [-0.39, 0.29) is 0 Å². The summed E-state index contributed by atoms with van der Waals surface area (Å²) in [5.41, 5.74) is 10.1. The number of aldehydes is 1. The van der Waals surface area contributed by atoms with Crippen LogP contribution in [0.5, 0.6) is 0 Å². The van der Waals surface area contributed by atoms with Crippen molar-refractivity contribution in [2.45, 2.75) is 26.8 Å². The molecule has 2 nitrogen and oxygen atoms in total. The molecule has 0 aliphatic carbocycles. The van der Waals surface area contributed by atoms with Crippen molar-refractivity contribution in [2.24, 2.45) is 5.73 Å². The molecule has 0 saturated heterocycles. The van der Waals surface area contributed by atoms with Crippen LogP contribution < -0.4 is 5.73 Å². The van der Waals surface area contributed by atoms with Crippen molar-refractivity contribution in [2.75, 3.05) is 0 Å². The Bertz CT molecular complexity index is 331. The molecule has 1 atom stereocenters. The molecule has 0 aliphatic heterocycles. The van der Waals surface area contributed by atoms with Crippen molar-refractivity contribution in [3.8, 4) is 0 Å². The van der Waals surface area contributed by atoms with Crippen molar-refractivity contribution in [3.63, 3.8) is 0 Å². The van der Waals surface area contributed by atoms with E-state index in [2.05, 4.69) is 13.0 Å². The molecule has 0 amide bonds. The maximum Gasteiger partial charge on any atom is 0.141 e. The fourth-order valence-electron chi connectivity index (χ4n) is 1.42. The van der Waals surface area contributed by atoms with Gasteiger partial charge < -0.3 is 10.5 Å². The van der Waals surface area contributed by atoms with Crippen LogP contribution in [-0.2, 0) is 4.79 Å². The van der Waals surface area contributed by atoms with E-state index in [9.17, 15) is 4.79 Å². The highest BCUT2D eigenvalue weighted by molar-refractivity contribution is 5.62. The van der Waals surface area contributed by atoms with Crippen molar-refractivity contribution < 1.29 is 4.79 Å². The van der Waals surface area contributed by atoms with Gasteiger partial charge in [-0.1, -0.05) is 12.1 Å². The van der Waals surface area contributed by atoms with E-state index < -0.39 is 6.04 Å². The fourth-order valence-corrected chi connectivity index (χ4v) is 1.42. The second kappa shape index (κ2) is 3.71. The average molecular weight is 177 g/mol. The lowest BCUT2D eigenvalue weighted by atomic mass is 9.97. The first kappa shape index (κ1) is 9.93. The first-order valence-electron chi connectivity index (χ1n) is 4.35. The summed E-state index contributed by atoms with van der Waals surface area (Å²) in [4.78, 5) is 10.5. The van der Waals surface area contributed by atoms with Gasteiger partial charge in [0, 0.05) is 0 Å². The Labute approximate surface area is 78.8 Å². The monoisotopic (exact) mass is 177 g/mol. The van der Waals surface area contributed by atoms with Gasteiger partial charge in [0.15, 0.2) is 0 Å². The quantitative estimate of drug-likeness (QED) is 0.700. The fraction of sp³-hybridized carbons (Fsp3) is 0.364. The van der Waals surface area contributed by atoms with Gasteiger partial charge in [0.05, 0.1) is 6.04 Å². The van der Waals surface area contributed by atoms with E-state index in [1.807, 2.05) is 19.9 Å². The summed E-state index contributed by atoms with van der Waals surface area (Å²) in [6, 6.07) is 3.57. The molecule has 0 spiro atoms. The first-order chi connectivity index (χ1) is 6.06. The van der Waals surface area contributed by atoms with E-state index in [0.29, 0.717) is 0 Å². The van der Waals surface area contributed by atoms with Crippen molar-refractivity contribution in [3.05, 3.63) is 34.4 Å². The minimum absolute atomic E-state index is 0.487. The summed E-state index contributed by atoms with van der Waals surface area (Å²) in [5.74, 6) is 0. The largest absolute Gasteiger partial charge is 0.318 e. The summed E-state index contributed by atoms with van der Waals surface area (Å²) >= 11 is 0. The molecule has 1 unspecified atom stereocenters. The molecule has 70 valence electrons. The van der Waals surface area contributed by atoms with Crippen LogP contribution in [-0.4, -0.2) is 6.29 Å². The minimum atomic E-state index is -0.487. The van der Waals surface area contributed by atoms with Crippen LogP contribution in [0.15, 0.2) is 12.1 Å². The topological polar surface area (TPSA) is 43.1 Å². The molecule has 2 N–H and O–H groups in total. The van der Waals surface area contributed by atoms with Gasteiger partial charge in [0.1, 0.15) is 6.29 Å². The smallest absolute Gasteiger partial charge is 0.141 e. The number of hydrogen-bond donors (Lipinski definition) is 1. The van der Waals surface area contributed by atoms with Crippen molar-refractivity contribution in [1.29, 1.82) is 0 Å². The molecular formula is C11H15NO. The molecule has 2 heteroatoms. The number of rotatable bonds is 2. The van der Waals surface area contributed by atoms with Gasteiger partial charge >= 0.3 is 0 Å². The summed E-state index contributed by atoms with van der Waals surface area (Å²) in [6.45, 7) is 6.06. The van der Waals surface area contributed by atoms with Gasteiger partial charge in [-0.25, -0.2) is 0 Å². The molecule has 0 aliphatic rings. The zero-order chi connectivity index (χ0) is 10.0. The molecule has 0 aromatic heterocycles. The molecule has 1 aromatic rings. The molecule has 1 aromatic carbocycles. The Balaban J connectivity index is 3.22. The highest BCUT2D eigenvalue weighted by atomic mass is 16.1. The van der Waals surface area contributed by atoms with E-state index in [1.54, 1.807) is 0 Å². The standard InChI is InChI=1S/C11H15NO/c1-7-4-9(3)10(5-8(7)2)11(12)6-13/h4-6,11H,12H2,1-3H3. The molecule has 0 radical (unpaired) electrons. The van der Waals surface area contributed by atoms with Gasteiger partial charge in [-0.2, -0.15) is 0 Å². The van der Waals surface area contributed by atoms with Gasteiger partial charge in [0.2, 0.25) is 0 Å². The number of aryl methyl sites for hydroxylation is 3. The maximum absolute atomic E-state index is 10.5. The zero-order valence-corrected chi connectivity index (χ0v) is 8.29. The van der Waals surface area contributed by atoms with Crippen LogP contribution in [0.2, 0.25) is 0 Å². The Kier molecular flexibility index (Phi) is 2.83. The van der Waals surface area contributed by atoms with E-state index >= 15 is 0 Å². The Hall–Kier alpha value is -1.15. The van der Waals surface area contributed by atoms with Gasteiger partial charge in [0.25, 0.3) is 0 Å². The molecule has 1 rings (SSSR count). The lowest BCUT2D eigenvalue weighted by Gasteiger charge is -2.11. The summed E-state index contributed by atoms with van der Waals surface area (Å²) in [5, 5.41) is 0. The highest BCUT2D eigenvalue weighted by Crippen LogP contribution is 2.19. The van der Waals surface area contributed by atoms with Crippen LogP contribution in [0.1, 0.15) is 28.3 Å². The van der Waals surface area contributed by atoms with E-state index in [4.69, 9.17) is 5.73 Å². The van der Waals surface area contributed by atoms with E-state index in [0.717, 1.165) is 17.4 Å². The molecule has 0 saturated carbocycles. The lowest BCUT2D eigenvalue weighted by molar-refractivity contribution is -0.109. The second-order valence-electron chi connectivity index (χ2n) is 3.45. The zero-order valence-electron chi connectivity index (χ0n) is 8.29.